The van der Waals surface area contributed by atoms with Gasteiger partial charge in [0.1, 0.15) is 32.7 Å². The van der Waals surface area contributed by atoms with Crippen LogP contribution in [0.25, 0.3) is 90.6 Å². The van der Waals surface area contributed by atoms with Crippen LogP contribution in [0, 0.1) is 5.92 Å². The molecule has 39 heteroatoms. The van der Waals surface area contributed by atoms with Crippen molar-refractivity contribution >= 4 is 60.3 Å². The molecule has 23 rings (SSSR count). The highest BCUT2D eigenvalue weighted by molar-refractivity contribution is 7.91. The van der Waals surface area contributed by atoms with Crippen molar-refractivity contribution < 1.29 is 39.7 Å². The zero-order chi connectivity index (χ0) is 90.2. The Kier molecular flexibility index (Phi) is 23.3. The minimum Gasteiger partial charge on any atom is -0.377 e. The number of H-pyrrole nitrogens is 1. The lowest BCUT2D eigenvalue weighted by atomic mass is 9.56. The van der Waals surface area contributed by atoms with Crippen molar-refractivity contribution in [3.8, 4) is 79.5 Å². The number of aromatic amines is 1. The Morgan fingerprint density at radius 3 is 1.44 bits per heavy atom. The van der Waals surface area contributed by atoms with Crippen LogP contribution in [0.15, 0.2) is 208 Å². The van der Waals surface area contributed by atoms with Crippen LogP contribution in [-0.4, -0.2) is 188 Å². The van der Waals surface area contributed by atoms with Gasteiger partial charge in [0.25, 0.3) is 23.6 Å². The molecule has 2 saturated heterocycles. The quantitative estimate of drug-likeness (QED) is 0.0421. The molecule has 5 aliphatic carbocycles. The van der Waals surface area contributed by atoms with Gasteiger partial charge in [-0.2, -0.15) is 25.0 Å². The molecule has 0 amide bonds. The van der Waals surface area contributed by atoms with Gasteiger partial charge in [-0.3, -0.25) is 4.68 Å². The second-order valence-corrected chi connectivity index (χ2v) is 39.7. The van der Waals surface area contributed by atoms with Crippen molar-refractivity contribution in [2.45, 2.75) is 136 Å². The SMILES string of the molecule is CS(=O)(=O)CCNc1ccc(-c2nc(C3(C4CCC(c5cnc(N)nc5)CC4)CCC3)no2)cn1.Cn1cc(-c2nc(C3(c4ccc(-c5cnc6[nH]ccc6n5)cc4)CCC3)no2)cn1.Nc1ncc(-c2ccc(C3(c4noc(-c5ccc(N6CCS(=O)(=O)CC6)nc5)n4)CCC3)cc2)cn1.Nc1ncc(-c2ccc(C3(c4noc(-c5cn(C6COC6)cn5)n4)CCC3)cc2)cn1. The first-order chi connectivity index (χ1) is 64.2. The normalized spacial score (nSPS) is 18.5. The lowest BCUT2D eigenvalue weighted by molar-refractivity contribution is -0.0233. The highest BCUT2D eigenvalue weighted by atomic mass is 32.2. The van der Waals surface area contributed by atoms with E-state index in [9.17, 15) is 16.8 Å². The van der Waals surface area contributed by atoms with Crippen LogP contribution >= 0.6 is 0 Å². The fraction of sp³-hybridized carbons (Fsp3) is 0.355. The molecule has 8 N–H and O–H groups in total. The first-order valence-corrected chi connectivity index (χ1v) is 48.2. The number of sulfone groups is 2. The van der Waals surface area contributed by atoms with E-state index in [-0.39, 0.29) is 50.8 Å². The lowest BCUT2D eigenvalue weighted by Gasteiger charge is -2.48. The Morgan fingerprint density at radius 2 is 0.962 bits per heavy atom. The number of pyridine rings is 2. The Balaban J connectivity index is 0.000000110. The highest BCUT2D eigenvalue weighted by Crippen LogP contribution is 2.56. The first-order valence-electron chi connectivity index (χ1n) is 44.3. The molecule has 0 atom stereocenters. The van der Waals surface area contributed by atoms with Gasteiger partial charge in [-0.1, -0.05) is 119 Å². The summed E-state index contributed by atoms with van der Waals surface area (Å²) < 4.78 is 77.4. The van der Waals surface area contributed by atoms with Gasteiger partial charge in [0.2, 0.25) is 17.8 Å². The van der Waals surface area contributed by atoms with E-state index in [1.165, 1.54) is 29.4 Å². The minimum absolute atomic E-state index is 0.00902. The Labute approximate surface area is 758 Å². The predicted octanol–water partition coefficient (Wildman–Crippen LogP) is 13.1. The van der Waals surface area contributed by atoms with E-state index in [1.54, 1.807) is 66.7 Å². The number of aromatic nitrogens is 23. The zero-order valence-corrected chi connectivity index (χ0v) is 74.2. The summed E-state index contributed by atoms with van der Waals surface area (Å²) in [6.07, 6.45) is 43.3. The monoisotopic (exact) mass is 1810 g/mol. The third-order valence-electron chi connectivity index (χ3n) is 27.1. The van der Waals surface area contributed by atoms with E-state index in [0.29, 0.717) is 97.6 Å². The van der Waals surface area contributed by atoms with Crippen LogP contribution < -0.4 is 27.4 Å². The van der Waals surface area contributed by atoms with Gasteiger partial charge in [0, 0.05) is 123 Å². The molecule has 13 aromatic heterocycles. The number of aryl methyl sites for hydroxylation is 1. The maximum Gasteiger partial charge on any atom is 0.278 e. The summed E-state index contributed by atoms with van der Waals surface area (Å²) in [6, 6.07) is 34.9. The fourth-order valence-electron chi connectivity index (χ4n) is 18.6. The van der Waals surface area contributed by atoms with Crippen LogP contribution in [0.4, 0.5) is 29.5 Å². The molecule has 674 valence electrons. The van der Waals surface area contributed by atoms with E-state index in [4.69, 9.17) is 60.0 Å². The van der Waals surface area contributed by atoms with Crippen molar-refractivity contribution in [3.63, 3.8) is 0 Å². The smallest absolute Gasteiger partial charge is 0.278 e. The number of anilines is 5. The molecule has 37 nitrogen and oxygen atoms in total. The van der Waals surface area contributed by atoms with Crippen LogP contribution in [0.5, 0.6) is 0 Å². The minimum atomic E-state index is -3.02. The van der Waals surface area contributed by atoms with Gasteiger partial charge in [0.05, 0.1) is 93.9 Å². The van der Waals surface area contributed by atoms with Gasteiger partial charge in [-0.15, -0.1) is 0 Å². The number of nitrogens with two attached hydrogens (primary N) is 3. The summed E-state index contributed by atoms with van der Waals surface area (Å²) in [4.78, 5) is 71.1. The molecule has 5 saturated carbocycles. The molecule has 132 heavy (non-hydrogen) atoms. The van der Waals surface area contributed by atoms with Crippen molar-refractivity contribution in [1.29, 1.82) is 0 Å². The molecule has 0 spiro atoms. The standard InChI is InChI=1S/C25H25N7O3S.C24H31N7O3S.C22H21N7O2.C22H19N7O/c26-24-28-15-19(16-29-24)17-2-5-20(6-3-17)25(8-1-9-25)23-30-22(35-31-23)18-4-7-21(27-14-18)32-10-12-36(33,34)13-11-32;1-35(32,33)12-11-26-20-8-5-17(13-27-20)21-30-22(31-34-21)24(9-2-10-24)19-6-3-16(4-7-19)18-14-28-23(25)29-15-18;23-21-24-8-15(9-25-21)14-2-4-16(5-3-14)22(6-1-7-22)20-27-19(31-28-20)18-10-29(13-26-18)17-11-30-12-17;1-29-13-15(11-25-29)20-27-21(28-30-20)22(8-2-9-22)16-5-3-14(4-6-16)18-12-24-19-17(26-18)7-10-23-19/h2-7,14-16H,1,8-13H2,(H2,26,28,29);5,8,13-16,19H,2-4,6-7,9-12H2,1H3,(H,26,27)(H2,25,28,29);2-5,8-10,13,17H,1,6-7,11-12H2,(H2,23,24,25);3-7,10-13H,2,8-9H2,1H3,(H,23,24). The van der Waals surface area contributed by atoms with Crippen LogP contribution in [0.1, 0.15) is 160 Å². The maximum absolute atomic E-state index is 11.7. The number of hydrogen-bond acceptors (Lipinski definition) is 34. The van der Waals surface area contributed by atoms with Gasteiger partial charge in [-0.05, 0) is 153 Å². The molecule has 7 fully saturated rings. The molecule has 0 radical (unpaired) electrons. The molecule has 0 bridgehead atoms. The van der Waals surface area contributed by atoms with Crippen molar-refractivity contribution in [1.82, 2.24) is 115 Å². The summed E-state index contributed by atoms with van der Waals surface area (Å²) in [6.45, 7) is 2.64. The molecule has 0 unspecified atom stereocenters. The number of fused-ring (bicyclic) bond motifs is 1. The van der Waals surface area contributed by atoms with Crippen LogP contribution in [0.2, 0.25) is 0 Å². The summed E-state index contributed by atoms with van der Waals surface area (Å²) in [5.41, 5.74) is 31.3. The van der Waals surface area contributed by atoms with E-state index < -0.39 is 19.7 Å². The number of hydrogen-bond donors (Lipinski definition) is 5. The molecule has 2 aliphatic heterocycles. The van der Waals surface area contributed by atoms with Gasteiger partial charge < -0.3 is 59.8 Å². The molecule has 7 aliphatic rings. The Hall–Kier alpha value is -14.3. The number of nitrogens with zero attached hydrogens (tertiary/aromatic N) is 23. The summed E-state index contributed by atoms with van der Waals surface area (Å²) in [5.74, 6) is 8.38. The van der Waals surface area contributed by atoms with E-state index >= 15 is 0 Å². The summed E-state index contributed by atoms with van der Waals surface area (Å²) in [7, 11) is -4.08. The molecule has 15 heterocycles. The van der Waals surface area contributed by atoms with E-state index in [2.05, 4.69) is 164 Å². The van der Waals surface area contributed by atoms with Crippen molar-refractivity contribution in [2.24, 2.45) is 13.0 Å². The van der Waals surface area contributed by atoms with Crippen molar-refractivity contribution in [2.75, 3.05) is 83.8 Å². The van der Waals surface area contributed by atoms with Gasteiger partial charge >= 0.3 is 0 Å². The van der Waals surface area contributed by atoms with Gasteiger partial charge in [-0.25, -0.2) is 71.7 Å². The predicted molar refractivity (Wildman–Crippen MR) is 490 cm³/mol. The largest absolute Gasteiger partial charge is 0.377 e. The average molecular weight is 1810 g/mol. The van der Waals surface area contributed by atoms with E-state index in [0.717, 1.165) is 187 Å². The van der Waals surface area contributed by atoms with E-state index in [1.807, 2.05) is 71.8 Å². The van der Waals surface area contributed by atoms with Crippen molar-refractivity contribution in [3.05, 3.63) is 236 Å². The Bertz CT molecular complexity index is 6930. The number of ether oxygens (including phenoxy) is 1. The second-order valence-electron chi connectivity index (χ2n) is 35.1. The average Bonchev–Trinajstić information content (AvgIpc) is 1.58. The third-order valence-corrected chi connectivity index (χ3v) is 29.7. The number of nitrogen functional groups attached to an aromatic ring is 3. The molecule has 16 aromatic rings. The molecule has 3 aromatic carbocycles. The lowest BCUT2D eigenvalue weighted by Crippen LogP contribution is -2.44. The second kappa shape index (κ2) is 35.8. The number of imidazole rings is 1. The van der Waals surface area contributed by atoms with Crippen LogP contribution in [-0.2, 0) is 53.1 Å². The fourth-order valence-corrected chi connectivity index (χ4v) is 20.3. The topological polar surface area (TPSA) is 507 Å². The highest BCUT2D eigenvalue weighted by Gasteiger charge is 2.51. The number of benzene rings is 3. The van der Waals surface area contributed by atoms with Gasteiger partial charge in [0.15, 0.2) is 38.8 Å². The maximum atomic E-state index is 11.7. The first kappa shape index (κ1) is 85.7. The summed E-state index contributed by atoms with van der Waals surface area (Å²) >= 11 is 0. The summed E-state index contributed by atoms with van der Waals surface area (Å²) in [5, 5.41) is 24.7. The Morgan fingerprint density at radius 1 is 0.477 bits per heavy atom. The number of rotatable bonds is 22. The third kappa shape index (κ3) is 17.6. The zero-order valence-electron chi connectivity index (χ0n) is 72.6. The van der Waals surface area contributed by atoms with Crippen LogP contribution in [0.3, 0.4) is 0 Å². The molecular weight excluding hydrogens is 1720 g/mol. The molecular formula is C93H96N28O9S2. The number of nitrogens with one attached hydrogen (secondary N) is 2.